The van der Waals surface area contributed by atoms with Gasteiger partial charge in [0, 0.05) is 36.4 Å². The van der Waals surface area contributed by atoms with Crippen LogP contribution in [0.3, 0.4) is 0 Å². The molecule has 3 heterocycles. The quantitative estimate of drug-likeness (QED) is 0.742. The predicted octanol–water partition coefficient (Wildman–Crippen LogP) is 3.19. The second-order valence-corrected chi connectivity index (χ2v) is 6.52. The van der Waals surface area contributed by atoms with Gasteiger partial charge in [0.2, 0.25) is 0 Å². The minimum atomic E-state index is -0.217. The Morgan fingerprint density at radius 2 is 2.21 bits per heavy atom. The zero-order valence-electron chi connectivity index (χ0n) is 13.7. The van der Waals surface area contributed by atoms with Gasteiger partial charge in [-0.1, -0.05) is 0 Å². The van der Waals surface area contributed by atoms with E-state index in [1.54, 1.807) is 24.8 Å². The van der Waals surface area contributed by atoms with Crippen LogP contribution in [0.15, 0.2) is 36.9 Å². The number of hydrogen-bond donors (Lipinski definition) is 0. The second kappa shape index (κ2) is 6.19. The lowest BCUT2D eigenvalue weighted by Gasteiger charge is -2.35. The Hall–Kier alpha value is -2.50. The molecule has 1 atom stereocenters. The second-order valence-electron chi connectivity index (χ2n) is 6.52. The molecule has 1 aliphatic rings. The van der Waals surface area contributed by atoms with Crippen molar-refractivity contribution >= 4 is 16.6 Å². The van der Waals surface area contributed by atoms with Gasteiger partial charge in [0.25, 0.3) is 0 Å². The van der Waals surface area contributed by atoms with E-state index in [-0.39, 0.29) is 5.82 Å². The van der Waals surface area contributed by atoms with Crippen molar-refractivity contribution in [2.24, 2.45) is 5.92 Å². The van der Waals surface area contributed by atoms with E-state index in [1.807, 2.05) is 11.6 Å². The Labute approximate surface area is 140 Å². The molecule has 3 aromatic rings. The summed E-state index contributed by atoms with van der Waals surface area (Å²) in [7, 11) is 0. The van der Waals surface area contributed by atoms with Gasteiger partial charge in [-0.15, -0.1) is 0 Å². The standard InChI is InChI=1S/C18H20FN5/c1-13-7-18(16-8-15(19)4-5-17(16)22-13)23-6-2-3-14(9-23)10-24-12-20-11-21-24/h4-5,7-8,11-12,14H,2-3,6,9-10H2,1H3. The maximum atomic E-state index is 13.7. The van der Waals surface area contributed by atoms with Crippen LogP contribution >= 0.6 is 0 Å². The third kappa shape index (κ3) is 2.96. The van der Waals surface area contributed by atoms with E-state index in [9.17, 15) is 4.39 Å². The lowest BCUT2D eigenvalue weighted by Crippen LogP contribution is -2.37. The van der Waals surface area contributed by atoms with Crippen molar-refractivity contribution in [2.45, 2.75) is 26.3 Å². The number of nitrogens with zero attached hydrogens (tertiary/aromatic N) is 5. The van der Waals surface area contributed by atoms with Crippen LogP contribution in [0.1, 0.15) is 18.5 Å². The number of aryl methyl sites for hydroxylation is 1. The third-order valence-electron chi connectivity index (χ3n) is 4.65. The van der Waals surface area contributed by atoms with Crippen molar-refractivity contribution in [1.29, 1.82) is 0 Å². The van der Waals surface area contributed by atoms with Gasteiger partial charge in [0.15, 0.2) is 0 Å². The van der Waals surface area contributed by atoms with Crippen molar-refractivity contribution in [3.8, 4) is 0 Å². The van der Waals surface area contributed by atoms with Crippen molar-refractivity contribution in [3.63, 3.8) is 0 Å². The number of anilines is 1. The first-order chi connectivity index (χ1) is 11.7. The maximum Gasteiger partial charge on any atom is 0.137 e. The molecule has 5 nitrogen and oxygen atoms in total. The van der Waals surface area contributed by atoms with Crippen LogP contribution in [-0.4, -0.2) is 32.8 Å². The lowest BCUT2D eigenvalue weighted by atomic mass is 9.97. The van der Waals surface area contributed by atoms with Crippen LogP contribution in [0, 0.1) is 18.7 Å². The molecule has 24 heavy (non-hydrogen) atoms. The molecule has 0 saturated carbocycles. The van der Waals surface area contributed by atoms with Crippen molar-refractivity contribution in [2.75, 3.05) is 18.0 Å². The number of piperidine rings is 1. The minimum Gasteiger partial charge on any atom is -0.371 e. The van der Waals surface area contributed by atoms with E-state index in [0.717, 1.165) is 48.3 Å². The van der Waals surface area contributed by atoms with Gasteiger partial charge in [0.05, 0.1) is 5.52 Å². The normalized spacial score (nSPS) is 18.2. The average molecular weight is 325 g/mol. The van der Waals surface area contributed by atoms with E-state index in [2.05, 4.69) is 26.0 Å². The molecule has 0 radical (unpaired) electrons. The van der Waals surface area contributed by atoms with Crippen LogP contribution in [0.4, 0.5) is 10.1 Å². The van der Waals surface area contributed by atoms with Gasteiger partial charge in [-0.05, 0) is 49.9 Å². The Bertz CT molecular complexity index is 846. The number of aromatic nitrogens is 4. The van der Waals surface area contributed by atoms with Crippen molar-refractivity contribution in [3.05, 3.63) is 48.4 Å². The van der Waals surface area contributed by atoms with Gasteiger partial charge in [-0.2, -0.15) is 5.10 Å². The summed E-state index contributed by atoms with van der Waals surface area (Å²) in [5, 5.41) is 5.10. The Morgan fingerprint density at radius 3 is 3.04 bits per heavy atom. The molecule has 0 aliphatic carbocycles. The summed E-state index contributed by atoms with van der Waals surface area (Å²) in [6, 6.07) is 6.90. The fraction of sp³-hybridized carbons (Fsp3) is 0.389. The molecule has 1 saturated heterocycles. The molecule has 0 N–H and O–H groups in total. The molecule has 4 rings (SSSR count). The largest absolute Gasteiger partial charge is 0.371 e. The Kier molecular flexibility index (Phi) is 3.88. The van der Waals surface area contributed by atoms with Gasteiger partial charge < -0.3 is 4.90 Å². The van der Waals surface area contributed by atoms with E-state index in [4.69, 9.17) is 0 Å². The molecular weight excluding hydrogens is 305 g/mol. The SMILES string of the molecule is Cc1cc(N2CCCC(Cn3cncn3)C2)c2cc(F)ccc2n1. The fourth-order valence-electron chi connectivity index (χ4n) is 3.59. The molecular formula is C18H20FN5. The van der Waals surface area contributed by atoms with E-state index >= 15 is 0 Å². The number of hydrogen-bond acceptors (Lipinski definition) is 4. The summed E-state index contributed by atoms with van der Waals surface area (Å²) in [5.41, 5.74) is 2.90. The first-order valence-electron chi connectivity index (χ1n) is 8.33. The lowest BCUT2D eigenvalue weighted by molar-refractivity contribution is 0.352. The summed E-state index contributed by atoms with van der Waals surface area (Å²) in [6.45, 7) is 4.79. The molecule has 2 aromatic heterocycles. The summed E-state index contributed by atoms with van der Waals surface area (Å²) in [5.74, 6) is 0.295. The summed E-state index contributed by atoms with van der Waals surface area (Å²) >= 11 is 0. The minimum absolute atomic E-state index is 0.217. The molecule has 124 valence electrons. The molecule has 0 bridgehead atoms. The molecule has 1 aliphatic heterocycles. The van der Waals surface area contributed by atoms with Crippen LogP contribution in [0.25, 0.3) is 10.9 Å². The highest BCUT2D eigenvalue weighted by Gasteiger charge is 2.22. The number of pyridine rings is 1. The van der Waals surface area contributed by atoms with Crippen LogP contribution in [0.5, 0.6) is 0 Å². The summed E-state index contributed by atoms with van der Waals surface area (Å²) < 4.78 is 15.6. The topological polar surface area (TPSA) is 46.8 Å². The average Bonchev–Trinajstić information content (AvgIpc) is 3.08. The molecule has 6 heteroatoms. The Balaban J connectivity index is 1.65. The first kappa shape index (κ1) is 15.1. The number of halogens is 1. The monoisotopic (exact) mass is 325 g/mol. The van der Waals surface area contributed by atoms with Crippen molar-refractivity contribution < 1.29 is 4.39 Å². The molecule has 1 aromatic carbocycles. The molecule has 0 amide bonds. The highest BCUT2D eigenvalue weighted by molar-refractivity contribution is 5.92. The molecule has 0 spiro atoms. The fourth-order valence-corrected chi connectivity index (χ4v) is 3.59. The number of rotatable bonds is 3. The van der Waals surface area contributed by atoms with E-state index in [1.165, 1.54) is 12.5 Å². The maximum absolute atomic E-state index is 13.7. The predicted molar refractivity (Wildman–Crippen MR) is 91.4 cm³/mol. The summed E-state index contributed by atoms with van der Waals surface area (Å²) in [4.78, 5) is 10.9. The van der Waals surface area contributed by atoms with Gasteiger partial charge in [-0.25, -0.2) is 9.37 Å². The number of fused-ring (bicyclic) bond motifs is 1. The van der Waals surface area contributed by atoms with Crippen LogP contribution in [-0.2, 0) is 6.54 Å². The highest BCUT2D eigenvalue weighted by Crippen LogP contribution is 2.31. The molecule has 1 fully saturated rings. The van der Waals surface area contributed by atoms with Gasteiger partial charge in [0.1, 0.15) is 18.5 Å². The van der Waals surface area contributed by atoms with Crippen molar-refractivity contribution in [1.82, 2.24) is 19.7 Å². The molecule has 1 unspecified atom stereocenters. The number of benzene rings is 1. The zero-order chi connectivity index (χ0) is 16.5. The van der Waals surface area contributed by atoms with Crippen LogP contribution < -0.4 is 4.90 Å². The van der Waals surface area contributed by atoms with Crippen LogP contribution in [0.2, 0.25) is 0 Å². The van der Waals surface area contributed by atoms with Gasteiger partial charge in [-0.3, -0.25) is 9.67 Å². The Morgan fingerprint density at radius 1 is 1.29 bits per heavy atom. The van der Waals surface area contributed by atoms with Gasteiger partial charge >= 0.3 is 0 Å². The van der Waals surface area contributed by atoms with E-state index < -0.39 is 0 Å². The van der Waals surface area contributed by atoms with E-state index in [0.29, 0.717) is 5.92 Å². The first-order valence-corrected chi connectivity index (χ1v) is 8.33. The smallest absolute Gasteiger partial charge is 0.137 e. The highest BCUT2D eigenvalue weighted by atomic mass is 19.1. The summed E-state index contributed by atoms with van der Waals surface area (Å²) in [6.07, 6.45) is 5.63. The zero-order valence-corrected chi connectivity index (χ0v) is 13.7. The third-order valence-corrected chi connectivity index (χ3v) is 4.65.